The Labute approximate surface area is 111 Å². The normalized spacial score (nSPS) is 20.7. The Balaban J connectivity index is 0.000000184. The molecule has 1 nitrogen and oxygen atoms in total. The highest BCUT2D eigenvalue weighted by Gasteiger charge is 2.25. The molecular weight excluding hydrogens is 220 g/mol. The zero-order chi connectivity index (χ0) is 13.8. The van der Waals surface area contributed by atoms with Gasteiger partial charge in [0.25, 0.3) is 0 Å². The third kappa shape index (κ3) is 3.76. The van der Waals surface area contributed by atoms with Crippen LogP contribution in [0.15, 0.2) is 48.1 Å². The molecule has 0 bridgehead atoms. The van der Waals surface area contributed by atoms with Crippen molar-refractivity contribution in [1.82, 2.24) is 0 Å². The molecule has 1 N–H and O–H groups in total. The molecule has 0 saturated heterocycles. The van der Waals surface area contributed by atoms with E-state index in [-0.39, 0.29) is 0 Å². The van der Waals surface area contributed by atoms with Crippen LogP contribution < -0.4 is 0 Å². The molecule has 0 saturated carbocycles. The smallest absolute Gasteiger partial charge is 0.118 e. The molecule has 0 radical (unpaired) electrons. The lowest BCUT2D eigenvalue weighted by Gasteiger charge is -2.31. The lowest BCUT2D eigenvalue weighted by atomic mass is 9.73. The molecule has 0 aromatic heterocycles. The molecular formula is C17H24O. The number of allylic oxidation sites excluding steroid dienone is 4. The summed E-state index contributed by atoms with van der Waals surface area (Å²) in [5.74, 6) is 1.06. The van der Waals surface area contributed by atoms with Crippen LogP contribution >= 0.6 is 0 Å². The topological polar surface area (TPSA) is 20.2 Å². The third-order valence-electron chi connectivity index (χ3n) is 3.80. The predicted octanol–water partition coefficient (Wildman–Crippen LogP) is 4.87. The number of aryl methyl sites for hydroxylation is 1. The minimum atomic E-state index is 0.360. The molecule has 0 heterocycles. The fourth-order valence-electron chi connectivity index (χ4n) is 1.89. The van der Waals surface area contributed by atoms with Crippen molar-refractivity contribution in [3.05, 3.63) is 53.6 Å². The average molecular weight is 244 g/mol. The maximum atomic E-state index is 8.92. The first-order valence-corrected chi connectivity index (χ1v) is 6.45. The van der Waals surface area contributed by atoms with Crippen molar-refractivity contribution in [3.63, 3.8) is 0 Å². The van der Waals surface area contributed by atoms with Crippen LogP contribution in [0.4, 0.5) is 0 Å². The van der Waals surface area contributed by atoms with Crippen LogP contribution in [0.1, 0.15) is 33.3 Å². The van der Waals surface area contributed by atoms with Gasteiger partial charge in [0, 0.05) is 0 Å². The van der Waals surface area contributed by atoms with Gasteiger partial charge >= 0.3 is 0 Å². The summed E-state index contributed by atoms with van der Waals surface area (Å²) in [6.07, 6.45) is 6.65. The Hall–Kier alpha value is -1.50. The second kappa shape index (κ2) is 5.90. The van der Waals surface area contributed by atoms with Crippen LogP contribution in [-0.4, -0.2) is 5.11 Å². The van der Waals surface area contributed by atoms with Gasteiger partial charge in [0.1, 0.15) is 5.75 Å². The van der Waals surface area contributed by atoms with Crippen LogP contribution in [0.3, 0.4) is 0 Å². The fraction of sp³-hybridized carbons (Fsp3) is 0.412. The first-order chi connectivity index (χ1) is 8.34. The van der Waals surface area contributed by atoms with Crippen molar-refractivity contribution in [3.8, 4) is 5.75 Å². The Morgan fingerprint density at radius 2 is 1.72 bits per heavy atom. The fourth-order valence-corrected chi connectivity index (χ4v) is 1.89. The molecule has 1 heteroatoms. The number of hydrogen-bond donors (Lipinski definition) is 1. The highest BCUT2D eigenvalue weighted by Crippen LogP contribution is 2.35. The van der Waals surface area contributed by atoms with Crippen molar-refractivity contribution in [2.45, 2.75) is 34.6 Å². The summed E-state index contributed by atoms with van der Waals surface area (Å²) in [5, 5.41) is 8.92. The first-order valence-electron chi connectivity index (χ1n) is 6.45. The van der Waals surface area contributed by atoms with Crippen LogP contribution in [0, 0.1) is 18.3 Å². The summed E-state index contributed by atoms with van der Waals surface area (Å²) in [6.45, 7) is 10.9. The largest absolute Gasteiger partial charge is 0.508 e. The monoisotopic (exact) mass is 244 g/mol. The third-order valence-corrected chi connectivity index (χ3v) is 3.80. The van der Waals surface area contributed by atoms with Gasteiger partial charge in [0.05, 0.1) is 0 Å². The summed E-state index contributed by atoms with van der Waals surface area (Å²) >= 11 is 0. The zero-order valence-electron chi connectivity index (χ0n) is 12.1. The van der Waals surface area contributed by atoms with Crippen molar-refractivity contribution in [1.29, 1.82) is 0 Å². The van der Waals surface area contributed by atoms with Gasteiger partial charge in [-0.1, -0.05) is 62.8 Å². The van der Waals surface area contributed by atoms with Crippen LogP contribution in [0.2, 0.25) is 0 Å². The van der Waals surface area contributed by atoms with E-state index in [1.807, 2.05) is 25.1 Å². The summed E-state index contributed by atoms with van der Waals surface area (Å²) in [7, 11) is 0. The maximum Gasteiger partial charge on any atom is 0.118 e. The minimum Gasteiger partial charge on any atom is -0.508 e. The summed E-state index contributed by atoms with van der Waals surface area (Å²) < 4.78 is 0. The highest BCUT2D eigenvalue weighted by molar-refractivity contribution is 5.29. The van der Waals surface area contributed by atoms with E-state index in [4.69, 9.17) is 5.11 Å². The summed E-state index contributed by atoms with van der Waals surface area (Å²) in [6, 6.07) is 7.25. The van der Waals surface area contributed by atoms with Gasteiger partial charge < -0.3 is 5.11 Å². The van der Waals surface area contributed by atoms with Crippen molar-refractivity contribution >= 4 is 0 Å². The minimum absolute atomic E-state index is 0.360. The van der Waals surface area contributed by atoms with Crippen LogP contribution in [-0.2, 0) is 0 Å². The Bertz CT molecular complexity index is 431. The van der Waals surface area contributed by atoms with E-state index in [2.05, 4.69) is 45.9 Å². The summed E-state index contributed by atoms with van der Waals surface area (Å²) in [4.78, 5) is 0. The molecule has 0 fully saturated rings. The van der Waals surface area contributed by atoms with Gasteiger partial charge in [-0.2, -0.15) is 0 Å². The lowest BCUT2D eigenvalue weighted by molar-refractivity contribution is 0.347. The molecule has 2 rings (SSSR count). The van der Waals surface area contributed by atoms with Crippen molar-refractivity contribution < 1.29 is 5.11 Å². The highest BCUT2D eigenvalue weighted by atomic mass is 16.3. The molecule has 1 unspecified atom stereocenters. The molecule has 0 amide bonds. The average Bonchev–Trinajstić information content (AvgIpc) is 2.31. The number of aromatic hydroxyl groups is 1. The molecule has 0 spiro atoms. The molecule has 1 aromatic rings. The van der Waals surface area contributed by atoms with Gasteiger partial charge in [0.15, 0.2) is 0 Å². The van der Waals surface area contributed by atoms with Gasteiger partial charge in [-0.05, 0) is 36.8 Å². The molecule has 1 atom stereocenters. The number of phenols is 1. The zero-order valence-corrected chi connectivity index (χ0v) is 12.1. The Morgan fingerprint density at radius 1 is 1.11 bits per heavy atom. The SMILES string of the molecule is CC1=CC=CC(C)(C)C1C.Cc1ccccc1O. The number of benzene rings is 1. The predicted molar refractivity (Wildman–Crippen MR) is 78.7 cm³/mol. The Morgan fingerprint density at radius 3 is 2.11 bits per heavy atom. The number of phenolic OH excluding ortho intramolecular Hbond substituents is 1. The molecule has 18 heavy (non-hydrogen) atoms. The van der Waals surface area contributed by atoms with E-state index in [9.17, 15) is 0 Å². The maximum absolute atomic E-state index is 8.92. The quantitative estimate of drug-likeness (QED) is 0.690. The summed E-state index contributed by atoms with van der Waals surface area (Å²) in [5.41, 5.74) is 2.78. The first kappa shape index (κ1) is 14.6. The van der Waals surface area contributed by atoms with E-state index in [1.165, 1.54) is 5.57 Å². The molecule has 0 aliphatic heterocycles. The lowest BCUT2D eigenvalue weighted by Crippen LogP contribution is -2.21. The molecule has 1 aliphatic rings. The van der Waals surface area contributed by atoms with Gasteiger partial charge in [-0.3, -0.25) is 0 Å². The second-order valence-electron chi connectivity index (χ2n) is 5.60. The number of hydrogen-bond acceptors (Lipinski definition) is 1. The van der Waals surface area contributed by atoms with E-state index in [0.717, 1.165) is 5.56 Å². The number of para-hydroxylation sites is 1. The molecule has 1 aliphatic carbocycles. The molecule has 1 aromatic carbocycles. The standard InChI is InChI=1S/C10H16.C7H8O/c1-8-6-5-7-10(3,4)9(8)2;1-6-4-2-3-5-7(6)8/h5-7,9H,1-4H3;2-5,8H,1H3. The van der Waals surface area contributed by atoms with Crippen LogP contribution in [0.5, 0.6) is 5.75 Å². The van der Waals surface area contributed by atoms with Crippen molar-refractivity contribution in [2.24, 2.45) is 11.3 Å². The van der Waals surface area contributed by atoms with E-state index < -0.39 is 0 Å². The van der Waals surface area contributed by atoms with Gasteiger partial charge in [-0.25, -0.2) is 0 Å². The second-order valence-corrected chi connectivity index (χ2v) is 5.60. The van der Waals surface area contributed by atoms with E-state index in [1.54, 1.807) is 6.07 Å². The van der Waals surface area contributed by atoms with Crippen LogP contribution in [0.25, 0.3) is 0 Å². The van der Waals surface area contributed by atoms with Gasteiger partial charge in [-0.15, -0.1) is 0 Å². The van der Waals surface area contributed by atoms with Crippen molar-refractivity contribution in [2.75, 3.05) is 0 Å². The number of rotatable bonds is 0. The molecule has 98 valence electrons. The van der Waals surface area contributed by atoms with E-state index in [0.29, 0.717) is 17.1 Å². The Kier molecular flexibility index (Phi) is 4.77. The van der Waals surface area contributed by atoms with Gasteiger partial charge in [0.2, 0.25) is 0 Å². The van der Waals surface area contributed by atoms with E-state index >= 15 is 0 Å².